The minimum Gasteiger partial charge on any atom is -0.390 e. The summed E-state index contributed by atoms with van der Waals surface area (Å²) in [6.45, 7) is 8.13. The van der Waals surface area contributed by atoms with Gasteiger partial charge in [0, 0.05) is 13.0 Å². The predicted octanol–water partition coefficient (Wildman–Crippen LogP) is 0.608. The van der Waals surface area contributed by atoms with Crippen LogP contribution in [0.5, 0.6) is 0 Å². The van der Waals surface area contributed by atoms with Crippen molar-refractivity contribution in [1.82, 2.24) is 14.8 Å². The highest BCUT2D eigenvalue weighted by Crippen LogP contribution is 2.13. The first-order valence-electron chi connectivity index (χ1n) is 5.58. The van der Waals surface area contributed by atoms with Crippen LogP contribution in [0.1, 0.15) is 33.5 Å². The molecule has 0 saturated heterocycles. The summed E-state index contributed by atoms with van der Waals surface area (Å²) in [6.07, 6.45) is 0.966. The van der Waals surface area contributed by atoms with E-state index < -0.39 is 11.7 Å². The average molecular weight is 227 g/mol. The van der Waals surface area contributed by atoms with E-state index in [2.05, 4.69) is 23.9 Å². The van der Waals surface area contributed by atoms with E-state index in [9.17, 15) is 10.2 Å². The van der Waals surface area contributed by atoms with Crippen molar-refractivity contribution in [2.45, 2.75) is 52.4 Å². The maximum atomic E-state index is 9.78. The molecule has 1 atom stereocenters. The van der Waals surface area contributed by atoms with E-state index in [0.29, 0.717) is 18.2 Å². The Morgan fingerprint density at radius 1 is 1.44 bits per heavy atom. The van der Waals surface area contributed by atoms with Crippen molar-refractivity contribution in [1.29, 1.82) is 0 Å². The molecule has 0 saturated carbocycles. The van der Waals surface area contributed by atoms with Crippen molar-refractivity contribution >= 4 is 0 Å². The molecule has 1 aromatic rings. The number of aliphatic hydroxyl groups excluding tert-OH is 1. The van der Waals surface area contributed by atoms with Crippen molar-refractivity contribution < 1.29 is 10.2 Å². The molecule has 1 rings (SSSR count). The molecule has 5 nitrogen and oxygen atoms in total. The van der Waals surface area contributed by atoms with Gasteiger partial charge in [0.1, 0.15) is 12.2 Å². The summed E-state index contributed by atoms with van der Waals surface area (Å²) in [5.74, 6) is 1.18. The average Bonchev–Trinajstić information content (AvgIpc) is 2.50. The van der Waals surface area contributed by atoms with Crippen LogP contribution in [0.3, 0.4) is 0 Å². The molecule has 92 valence electrons. The highest BCUT2D eigenvalue weighted by atomic mass is 16.3. The van der Waals surface area contributed by atoms with Crippen LogP contribution in [0.2, 0.25) is 0 Å². The molecule has 0 aromatic carbocycles. The first-order valence-corrected chi connectivity index (χ1v) is 5.58. The Morgan fingerprint density at radius 2 is 2.06 bits per heavy atom. The third kappa shape index (κ3) is 3.57. The van der Waals surface area contributed by atoms with E-state index in [1.807, 2.05) is 0 Å². The lowest BCUT2D eigenvalue weighted by atomic mass is 9.99. The van der Waals surface area contributed by atoms with Crippen LogP contribution in [0.25, 0.3) is 0 Å². The van der Waals surface area contributed by atoms with Gasteiger partial charge < -0.3 is 10.2 Å². The lowest BCUT2D eigenvalue weighted by Gasteiger charge is -2.24. The Hall–Kier alpha value is -0.940. The number of hydrogen-bond donors (Lipinski definition) is 2. The standard InChI is InChI=1S/C11H21N3O2/c1-8(2)6-14-10(12-7-13-14)5-9(15)11(3,4)16/h7-9,15-16H,5-6H2,1-4H3. The molecule has 0 radical (unpaired) electrons. The second kappa shape index (κ2) is 4.93. The number of rotatable bonds is 5. The van der Waals surface area contributed by atoms with Gasteiger partial charge in [-0.3, -0.25) is 0 Å². The van der Waals surface area contributed by atoms with E-state index in [0.717, 1.165) is 6.54 Å². The molecule has 0 spiro atoms. The van der Waals surface area contributed by atoms with Gasteiger partial charge in [-0.25, -0.2) is 9.67 Å². The van der Waals surface area contributed by atoms with Gasteiger partial charge in [-0.1, -0.05) is 13.8 Å². The lowest BCUT2D eigenvalue weighted by molar-refractivity contribution is -0.0482. The third-order valence-corrected chi connectivity index (χ3v) is 2.43. The van der Waals surface area contributed by atoms with Crippen LogP contribution in [0.15, 0.2) is 6.33 Å². The molecule has 5 heteroatoms. The van der Waals surface area contributed by atoms with Crippen molar-refractivity contribution in [2.75, 3.05) is 0 Å². The third-order valence-electron chi connectivity index (χ3n) is 2.43. The zero-order valence-electron chi connectivity index (χ0n) is 10.4. The van der Waals surface area contributed by atoms with Gasteiger partial charge in [-0.05, 0) is 19.8 Å². The molecule has 1 aromatic heterocycles. The summed E-state index contributed by atoms with van der Waals surface area (Å²) < 4.78 is 1.78. The molecular formula is C11H21N3O2. The number of hydrogen-bond acceptors (Lipinski definition) is 4. The SMILES string of the molecule is CC(C)Cn1ncnc1CC(O)C(C)(C)O. The van der Waals surface area contributed by atoms with Gasteiger partial charge in [0.15, 0.2) is 0 Å². The van der Waals surface area contributed by atoms with Crippen molar-refractivity contribution in [3.63, 3.8) is 0 Å². The first-order chi connectivity index (χ1) is 7.30. The molecule has 16 heavy (non-hydrogen) atoms. The highest BCUT2D eigenvalue weighted by molar-refractivity contribution is 4.92. The molecule has 0 aliphatic heterocycles. The Kier molecular flexibility index (Phi) is 4.04. The van der Waals surface area contributed by atoms with E-state index in [-0.39, 0.29) is 0 Å². The fraction of sp³-hybridized carbons (Fsp3) is 0.818. The predicted molar refractivity (Wildman–Crippen MR) is 60.9 cm³/mol. The summed E-state index contributed by atoms with van der Waals surface area (Å²) >= 11 is 0. The fourth-order valence-corrected chi connectivity index (χ4v) is 1.37. The number of aromatic nitrogens is 3. The lowest BCUT2D eigenvalue weighted by Crippen LogP contribution is -2.38. The van der Waals surface area contributed by atoms with Crippen molar-refractivity contribution in [2.24, 2.45) is 5.92 Å². The molecule has 0 fully saturated rings. The van der Waals surface area contributed by atoms with Crippen LogP contribution in [0, 0.1) is 5.92 Å². The Bertz CT molecular complexity index is 328. The van der Waals surface area contributed by atoms with Crippen LogP contribution < -0.4 is 0 Å². The fourth-order valence-electron chi connectivity index (χ4n) is 1.37. The Labute approximate surface area is 96.1 Å². The molecule has 2 N–H and O–H groups in total. The summed E-state index contributed by atoms with van der Waals surface area (Å²) in [6, 6.07) is 0. The van der Waals surface area contributed by atoms with Gasteiger partial charge in [-0.15, -0.1) is 0 Å². The van der Waals surface area contributed by atoms with E-state index in [1.165, 1.54) is 6.33 Å². The van der Waals surface area contributed by atoms with Crippen LogP contribution >= 0.6 is 0 Å². The molecular weight excluding hydrogens is 206 g/mol. The van der Waals surface area contributed by atoms with Gasteiger partial charge in [0.05, 0.1) is 11.7 Å². The van der Waals surface area contributed by atoms with Crippen LogP contribution in [-0.4, -0.2) is 36.7 Å². The van der Waals surface area contributed by atoms with Gasteiger partial charge in [-0.2, -0.15) is 5.10 Å². The molecule has 0 amide bonds. The quantitative estimate of drug-likeness (QED) is 0.773. The Morgan fingerprint density at radius 3 is 2.56 bits per heavy atom. The topological polar surface area (TPSA) is 71.2 Å². The molecule has 0 bridgehead atoms. The van der Waals surface area contributed by atoms with Gasteiger partial charge >= 0.3 is 0 Å². The highest BCUT2D eigenvalue weighted by Gasteiger charge is 2.26. The summed E-state index contributed by atoms with van der Waals surface area (Å²) in [5.41, 5.74) is -1.12. The smallest absolute Gasteiger partial charge is 0.138 e. The number of nitrogens with zero attached hydrogens (tertiary/aromatic N) is 3. The number of aliphatic hydroxyl groups is 2. The van der Waals surface area contributed by atoms with Gasteiger partial charge in [0.2, 0.25) is 0 Å². The van der Waals surface area contributed by atoms with E-state index in [1.54, 1.807) is 18.5 Å². The van der Waals surface area contributed by atoms with E-state index in [4.69, 9.17) is 0 Å². The van der Waals surface area contributed by atoms with Crippen LogP contribution in [0.4, 0.5) is 0 Å². The zero-order chi connectivity index (χ0) is 12.3. The van der Waals surface area contributed by atoms with Crippen LogP contribution in [-0.2, 0) is 13.0 Å². The second-order valence-electron chi connectivity index (χ2n) is 5.13. The van der Waals surface area contributed by atoms with E-state index >= 15 is 0 Å². The monoisotopic (exact) mass is 227 g/mol. The van der Waals surface area contributed by atoms with Crippen molar-refractivity contribution in [3.8, 4) is 0 Å². The Balaban J connectivity index is 2.70. The largest absolute Gasteiger partial charge is 0.390 e. The zero-order valence-corrected chi connectivity index (χ0v) is 10.4. The molecule has 0 aliphatic rings. The molecule has 1 heterocycles. The first kappa shape index (κ1) is 13.1. The maximum Gasteiger partial charge on any atom is 0.138 e. The normalized spacial score (nSPS) is 14.4. The maximum absolute atomic E-state index is 9.78. The second-order valence-corrected chi connectivity index (χ2v) is 5.13. The molecule has 1 unspecified atom stereocenters. The van der Waals surface area contributed by atoms with Gasteiger partial charge in [0.25, 0.3) is 0 Å². The summed E-state index contributed by atoms with van der Waals surface area (Å²) in [5, 5.41) is 23.5. The molecule has 0 aliphatic carbocycles. The summed E-state index contributed by atoms with van der Waals surface area (Å²) in [7, 11) is 0. The minimum absolute atomic E-state index is 0.316. The van der Waals surface area contributed by atoms with Crippen molar-refractivity contribution in [3.05, 3.63) is 12.2 Å². The minimum atomic E-state index is -1.12. The summed E-state index contributed by atoms with van der Waals surface area (Å²) in [4.78, 5) is 4.10.